The number of fused-ring (bicyclic) bond motifs is 5. The van der Waals surface area contributed by atoms with Gasteiger partial charge >= 0.3 is 0 Å². The minimum atomic E-state index is -0.404. The standard InChI is InChI=1S/C23H19N5O3S2/c29-20-14-5-6-17(27-8-10-31-11-9-27)26-21(14)28-15-3-1-2-4-16(15)33-23(28)19(20)22(30)25-13-18-24-7-12-32-18/h1-7,12H,8-11,13H2,(H,25,30). The topological polar surface area (TPSA) is 88.8 Å². The number of aromatic nitrogens is 3. The summed E-state index contributed by atoms with van der Waals surface area (Å²) in [6.07, 6.45) is 1.69. The van der Waals surface area contributed by atoms with Crippen LogP contribution in [-0.4, -0.2) is 46.6 Å². The van der Waals surface area contributed by atoms with Gasteiger partial charge in [-0.1, -0.05) is 12.1 Å². The number of carbonyl (C=O) groups is 1. The molecule has 1 aliphatic heterocycles. The monoisotopic (exact) mass is 477 g/mol. The largest absolute Gasteiger partial charge is 0.378 e. The number of hydrogen-bond acceptors (Lipinski definition) is 8. The zero-order chi connectivity index (χ0) is 22.4. The number of ether oxygens (including phenoxy) is 1. The number of carbonyl (C=O) groups excluding carboxylic acids is 1. The summed E-state index contributed by atoms with van der Waals surface area (Å²) in [7, 11) is 0. The van der Waals surface area contributed by atoms with Crippen molar-refractivity contribution in [3.05, 3.63) is 68.8 Å². The second-order valence-electron chi connectivity index (χ2n) is 7.66. The van der Waals surface area contributed by atoms with Crippen molar-refractivity contribution in [2.24, 2.45) is 0 Å². The molecule has 0 radical (unpaired) electrons. The van der Waals surface area contributed by atoms with Crippen molar-refractivity contribution in [2.75, 3.05) is 31.2 Å². The Morgan fingerprint density at radius 1 is 1.15 bits per heavy atom. The van der Waals surface area contributed by atoms with Crippen molar-refractivity contribution in [1.82, 2.24) is 19.7 Å². The second kappa shape index (κ2) is 8.22. The summed E-state index contributed by atoms with van der Waals surface area (Å²) in [5.41, 5.74) is 1.31. The summed E-state index contributed by atoms with van der Waals surface area (Å²) in [5.74, 6) is 0.397. The molecule has 5 aromatic rings. The molecular weight excluding hydrogens is 458 g/mol. The summed E-state index contributed by atoms with van der Waals surface area (Å²) in [6, 6.07) is 11.5. The quantitative estimate of drug-likeness (QED) is 0.427. The van der Waals surface area contributed by atoms with Gasteiger partial charge in [0.15, 0.2) is 5.65 Å². The maximum Gasteiger partial charge on any atom is 0.258 e. The van der Waals surface area contributed by atoms with Crippen molar-refractivity contribution in [3.8, 4) is 0 Å². The SMILES string of the molecule is O=C(NCc1nccs1)c1c(=O)c2ccc(N3CCOCC3)nc2n2c1sc1ccccc12. The van der Waals surface area contributed by atoms with Crippen LogP contribution in [-0.2, 0) is 11.3 Å². The fraction of sp³-hybridized carbons (Fsp3) is 0.217. The lowest BCUT2D eigenvalue weighted by Crippen LogP contribution is -2.36. The van der Waals surface area contributed by atoms with Crippen LogP contribution in [0, 0.1) is 0 Å². The average molecular weight is 478 g/mol. The van der Waals surface area contributed by atoms with Crippen molar-refractivity contribution < 1.29 is 9.53 Å². The normalized spacial score (nSPS) is 14.4. The first-order valence-electron chi connectivity index (χ1n) is 10.6. The van der Waals surface area contributed by atoms with Gasteiger partial charge in [-0.3, -0.25) is 14.0 Å². The highest BCUT2D eigenvalue weighted by molar-refractivity contribution is 7.24. The van der Waals surface area contributed by atoms with Crippen molar-refractivity contribution >= 4 is 60.5 Å². The van der Waals surface area contributed by atoms with Gasteiger partial charge in [0.2, 0.25) is 5.43 Å². The van der Waals surface area contributed by atoms with E-state index >= 15 is 0 Å². The summed E-state index contributed by atoms with van der Waals surface area (Å²) in [4.78, 5) is 38.6. The minimum Gasteiger partial charge on any atom is -0.378 e. The molecule has 4 aromatic heterocycles. The Kier molecular flexibility index (Phi) is 5.05. The van der Waals surface area contributed by atoms with E-state index in [1.54, 1.807) is 12.3 Å². The van der Waals surface area contributed by atoms with E-state index < -0.39 is 5.91 Å². The van der Waals surface area contributed by atoms with Gasteiger partial charge in [0, 0.05) is 24.7 Å². The van der Waals surface area contributed by atoms with Crippen LogP contribution in [0.5, 0.6) is 0 Å². The van der Waals surface area contributed by atoms with Gasteiger partial charge in [0.1, 0.15) is 21.2 Å². The Labute approximate surface area is 196 Å². The third kappa shape index (κ3) is 3.47. The van der Waals surface area contributed by atoms with Crippen LogP contribution in [0.2, 0.25) is 0 Å². The molecule has 5 heterocycles. The Bertz CT molecular complexity index is 1550. The molecule has 0 bridgehead atoms. The van der Waals surface area contributed by atoms with E-state index in [0.717, 1.165) is 34.1 Å². The van der Waals surface area contributed by atoms with Crippen LogP contribution in [0.15, 0.2) is 52.8 Å². The van der Waals surface area contributed by atoms with Gasteiger partial charge in [-0.25, -0.2) is 9.97 Å². The van der Waals surface area contributed by atoms with E-state index in [1.165, 1.54) is 22.7 Å². The molecule has 0 saturated carbocycles. The lowest BCUT2D eigenvalue weighted by Gasteiger charge is -2.27. The molecule has 8 nitrogen and oxygen atoms in total. The number of morpholine rings is 1. The first kappa shape index (κ1) is 20.3. The molecule has 0 spiro atoms. The molecule has 166 valence electrons. The lowest BCUT2D eigenvalue weighted by molar-refractivity contribution is 0.0951. The van der Waals surface area contributed by atoms with E-state index in [9.17, 15) is 9.59 Å². The van der Waals surface area contributed by atoms with Gasteiger partial charge < -0.3 is 15.0 Å². The molecule has 0 aliphatic carbocycles. The molecule has 10 heteroatoms. The lowest BCUT2D eigenvalue weighted by atomic mass is 10.1. The molecule has 1 fully saturated rings. The van der Waals surface area contributed by atoms with Gasteiger partial charge in [0.25, 0.3) is 5.91 Å². The average Bonchev–Trinajstić information content (AvgIpc) is 3.51. The maximum atomic E-state index is 13.6. The number of para-hydroxylation sites is 1. The van der Waals surface area contributed by atoms with Gasteiger partial charge in [-0.2, -0.15) is 0 Å². The number of thiazole rings is 2. The molecule has 33 heavy (non-hydrogen) atoms. The zero-order valence-electron chi connectivity index (χ0n) is 17.5. The highest BCUT2D eigenvalue weighted by atomic mass is 32.1. The molecule has 1 saturated heterocycles. The summed E-state index contributed by atoms with van der Waals surface area (Å²) in [6.45, 7) is 3.07. The molecule has 1 amide bonds. The first-order chi connectivity index (χ1) is 16.2. The number of pyridine rings is 2. The van der Waals surface area contributed by atoms with Crippen molar-refractivity contribution in [2.45, 2.75) is 6.54 Å². The summed E-state index contributed by atoms with van der Waals surface area (Å²) < 4.78 is 8.39. The van der Waals surface area contributed by atoms with Crippen LogP contribution in [0.1, 0.15) is 15.4 Å². The van der Waals surface area contributed by atoms with E-state index in [-0.39, 0.29) is 17.5 Å². The molecule has 0 atom stereocenters. The predicted octanol–water partition coefficient (Wildman–Crippen LogP) is 3.29. The van der Waals surface area contributed by atoms with E-state index in [0.29, 0.717) is 29.1 Å². The molecule has 1 aromatic carbocycles. The molecule has 1 N–H and O–H groups in total. The molecule has 1 aliphatic rings. The van der Waals surface area contributed by atoms with E-state index in [4.69, 9.17) is 9.72 Å². The van der Waals surface area contributed by atoms with Crippen molar-refractivity contribution in [1.29, 1.82) is 0 Å². The second-order valence-corrected chi connectivity index (χ2v) is 9.67. The van der Waals surface area contributed by atoms with Crippen LogP contribution < -0.4 is 15.6 Å². The molecule has 0 unspecified atom stereocenters. The third-order valence-corrected chi connectivity index (χ3v) is 7.64. The molecular formula is C23H19N5O3S2. The van der Waals surface area contributed by atoms with Crippen LogP contribution in [0.25, 0.3) is 26.1 Å². The summed E-state index contributed by atoms with van der Waals surface area (Å²) in [5, 5.41) is 5.93. The Morgan fingerprint density at radius 2 is 2.00 bits per heavy atom. The number of hydrogen-bond donors (Lipinski definition) is 1. The Balaban J connectivity index is 1.57. The van der Waals surface area contributed by atoms with Crippen molar-refractivity contribution in [3.63, 3.8) is 0 Å². The van der Waals surface area contributed by atoms with Crippen LogP contribution in [0.4, 0.5) is 5.82 Å². The Hall–Kier alpha value is -3.34. The maximum absolute atomic E-state index is 13.6. The number of amides is 1. The summed E-state index contributed by atoms with van der Waals surface area (Å²) >= 11 is 2.89. The highest BCUT2D eigenvalue weighted by Gasteiger charge is 2.23. The highest BCUT2D eigenvalue weighted by Crippen LogP contribution is 2.31. The van der Waals surface area contributed by atoms with E-state index in [1.807, 2.05) is 40.1 Å². The fourth-order valence-corrected chi connectivity index (χ4v) is 5.87. The number of nitrogens with zero attached hydrogens (tertiary/aromatic N) is 4. The smallest absolute Gasteiger partial charge is 0.258 e. The minimum absolute atomic E-state index is 0.140. The number of nitrogens with one attached hydrogen (secondary N) is 1. The van der Waals surface area contributed by atoms with Crippen LogP contribution in [0.3, 0.4) is 0 Å². The third-order valence-electron chi connectivity index (χ3n) is 5.72. The van der Waals surface area contributed by atoms with Gasteiger partial charge in [-0.05, 0) is 24.3 Å². The Morgan fingerprint density at radius 3 is 2.82 bits per heavy atom. The van der Waals surface area contributed by atoms with Gasteiger partial charge in [-0.15, -0.1) is 22.7 Å². The van der Waals surface area contributed by atoms with E-state index in [2.05, 4.69) is 15.2 Å². The first-order valence-corrected chi connectivity index (χ1v) is 12.3. The van der Waals surface area contributed by atoms with Crippen LogP contribution >= 0.6 is 22.7 Å². The fourth-order valence-electron chi connectivity index (χ4n) is 4.13. The number of anilines is 1. The predicted molar refractivity (Wildman–Crippen MR) is 131 cm³/mol. The number of benzene rings is 1. The van der Waals surface area contributed by atoms with Gasteiger partial charge in [0.05, 0.1) is 35.4 Å². The number of rotatable bonds is 4. The zero-order valence-corrected chi connectivity index (χ0v) is 19.1. The molecule has 6 rings (SSSR count).